The number of amides is 2. The first-order valence-corrected chi connectivity index (χ1v) is 13.2. The molecule has 8 heteroatoms. The summed E-state index contributed by atoms with van der Waals surface area (Å²) < 4.78 is 10.3. The number of hydrogen-bond acceptors (Lipinski definition) is 6. The van der Waals surface area contributed by atoms with Crippen molar-refractivity contribution in [3.8, 4) is 0 Å². The van der Waals surface area contributed by atoms with E-state index in [2.05, 4.69) is 39.8 Å². The van der Waals surface area contributed by atoms with Crippen molar-refractivity contribution < 1.29 is 23.9 Å². The van der Waals surface area contributed by atoms with Crippen LogP contribution in [0.4, 0.5) is 4.79 Å². The molecule has 1 saturated heterocycles. The molecule has 2 aromatic carbocycles. The summed E-state index contributed by atoms with van der Waals surface area (Å²) in [4.78, 5) is 39.4. The fraction of sp³-hybridized carbons (Fsp3) is 0.483. The van der Waals surface area contributed by atoms with E-state index in [1.807, 2.05) is 36.4 Å². The molecule has 3 rings (SSSR count). The molecule has 0 aromatic heterocycles. The summed E-state index contributed by atoms with van der Waals surface area (Å²) in [6.45, 7) is 5.71. The Morgan fingerprint density at radius 3 is 2.24 bits per heavy atom. The third kappa shape index (κ3) is 10.6. The van der Waals surface area contributed by atoms with Crippen molar-refractivity contribution in [2.75, 3.05) is 26.2 Å². The SMILES string of the molecule is CCOC(=O)[C@H](CCC(=O)NCCC1CCN(Cc2ccccc2)CC1)NC(=O)OCc1ccccc1. The average molecular weight is 510 g/mol. The van der Waals surface area contributed by atoms with Crippen LogP contribution in [-0.4, -0.2) is 55.2 Å². The van der Waals surface area contributed by atoms with Gasteiger partial charge < -0.3 is 20.1 Å². The third-order valence-corrected chi connectivity index (χ3v) is 6.57. The predicted octanol–water partition coefficient (Wildman–Crippen LogP) is 4.04. The number of hydrogen-bond donors (Lipinski definition) is 2. The fourth-order valence-corrected chi connectivity index (χ4v) is 4.45. The van der Waals surface area contributed by atoms with E-state index in [4.69, 9.17) is 9.47 Å². The van der Waals surface area contributed by atoms with Crippen LogP contribution < -0.4 is 10.6 Å². The summed E-state index contributed by atoms with van der Waals surface area (Å²) in [5, 5.41) is 5.49. The van der Waals surface area contributed by atoms with Crippen molar-refractivity contribution in [3.05, 3.63) is 71.8 Å². The molecule has 1 aliphatic rings. The maximum atomic E-state index is 12.4. The highest BCUT2D eigenvalue weighted by Gasteiger charge is 2.24. The number of carbonyl (C=O) groups is 3. The van der Waals surface area contributed by atoms with E-state index in [0.717, 1.165) is 44.5 Å². The van der Waals surface area contributed by atoms with Crippen LogP contribution in [0.2, 0.25) is 0 Å². The maximum Gasteiger partial charge on any atom is 0.408 e. The first-order valence-electron chi connectivity index (χ1n) is 13.2. The molecule has 1 fully saturated rings. The number of likely N-dealkylation sites (tertiary alicyclic amines) is 1. The lowest BCUT2D eigenvalue weighted by Crippen LogP contribution is -2.43. The minimum absolute atomic E-state index is 0.0912. The predicted molar refractivity (Wildman–Crippen MR) is 141 cm³/mol. The second-order valence-corrected chi connectivity index (χ2v) is 9.39. The van der Waals surface area contributed by atoms with Crippen molar-refractivity contribution >= 4 is 18.0 Å². The summed E-state index contributed by atoms with van der Waals surface area (Å²) in [5.41, 5.74) is 2.18. The number of nitrogens with one attached hydrogen (secondary N) is 2. The van der Waals surface area contributed by atoms with Gasteiger partial charge in [0.2, 0.25) is 5.91 Å². The van der Waals surface area contributed by atoms with E-state index < -0.39 is 18.1 Å². The largest absolute Gasteiger partial charge is 0.464 e. The quantitative estimate of drug-likeness (QED) is 0.396. The zero-order valence-electron chi connectivity index (χ0n) is 21.7. The van der Waals surface area contributed by atoms with Crippen LogP contribution in [0.25, 0.3) is 0 Å². The van der Waals surface area contributed by atoms with Gasteiger partial charge in [-0.2, -0.15) is 0 Å². The standard InChI is InChI=1S/C29H39N3O5/c1-2-36-28(34)26(31-29(35)37-22-25-11-7-4-8-12-25)13-14-27(33)30-18-15-23-16-19-32(20-17-23)21-24-9-5-3-6-10-24/h3-12,23,26H,2,13-22H2,1H3,(H,30,33)(H,31,35)/t26-/m0/s1. The highest BCUT2D eigenvalue weighted by Crippen LogP contribution is 2.21. The second-order valence-electron chi connectivity index (χ2n) is 9.39. The van der Waals surface area contributed by atoms with Gasteiger partial charge in [-0.25, -0.2) is 9.59 Å². The molecule has 0 saturated carbocycles. The van der Waals surface area contributed by atoms with E-state index in [1.54, 1.807) is 6.92 Å². The molecule has 2 N–H and O–H groups in total. The Labute approximate surface area is 219 Å². The molecule has 1 aliphatic heterocycles. The summed E-state index contributed by atoms with van der Waals surface area (Å²) in [5.74, 6) is -0.120. The van der Waals surface area contributed by atoms with Crippen LogP contribution in [0.5, 0.6) is 0 Å². The Hall–Kier alpha value is -3.39. The Bertz CT molecular complexity index is 962. The number of benzene rings is 2. The van der Waals surface area contributed by atoms with E-state index in [-0.39, 0.29) is 32.0 Å². The molecule has 0 unspecified atom stereocenters. The number of alkyl carbamates (subject to hydrolysis) is 1. The van der Waals surface area contributed by atoms with E-state index in [1.165, 1.54) is 5.56 Å². The van der Waals surface area contributed by atoms with Crippen LogP contribution in [0.1, 0.15) is 50.2 Å². The van der Waals surface area contributed by atoms with E-state index in [0.29, 0.717) is 12.5 Å². The molecule has 37 heavy (non-hydrogen) atoms. The number of ether oxygens (including phenoxy) is 2. The number of carbonyl (C=O) groups excluding carboxylic acids is 3. The van der Waals surface area contributed by atoms with Crippen molar-refractivity contribution in [1.82, 2.24) is 15.5 Å². The molecule has 1 heterocycles. The normalized spacial score (nSPS) is 14.9. The summed E-state index contributed by atoms with van der Waals surface area (Å²) in [6.07, 6.45) is 2.73. The van der Waals surface area contributed by atoms with Gasteiger partial charge in [-0.1, -0.05) is 60.7 Å². The van der Waals surface area contributed by atoms with Gasteiger partial charge in [-0.15, -0.1) is 0 Å². The van der Waals surface area contributed by atoms with Gasteiger partial charge in [0.15, 0.2) is 0 Å². The number of piperidine rings is 1. The first kappa shape index (κ1) is 28.2. The van der Waals surface area contributed by atoms with Crippen LogP contribution >= 0.6 is 0 Å². The minimum atomic E-state index is -0.942. The molecule has 0 aliphatic carbocycles. The molecular weight excluding hydrogens is 470 g/mol. The highest BCUT2D eigenvalue weighted by atomic mass is 16.6. The van der Waals surface area contributed by atoms with Crippen LogP contribution in [0.3, 0.4) is 0 Å². The fourth-order valence-electron chi connectivity index (χ4n) is 4.45. The Kier molecular flexibility index (Phi) is 11.9. The zero-order chi connectivity index (χ0) is 26.3. The van der Waals surface area contributed by atoms with Gasteiger partial charge in [0, 0.05) is 19.5 Å². The van der Waals surface area contributed by atoms with E-state index in [9.17, 15) is 14.4 Å². The Morgan fingerprint density at radius 1 is 0.946 bits per heavy atom. The molecule has 200 valence electrons. The van der Waals surface area contributed by atoms with Crippen molar-refractivity contribution in [3.63, 3.8) is 0 Å². The smallest absolute Gasteiger partial charge is 0.408 e. The Balaban J connectivity index is 1.32. The number of rotatable bonds is 13. The highest BCUT2D eigenvalue weighted by molar-refractivity contribution is 5.82. The molecule has 1 atom stereocenters. The summed E-state index contributed by atoms with van der Waals surface area (Å²) >= 11 is 0. The van der Waals surface area contributed by atoms with Crippen LogP contribution in [-0.2, 0) is 32.2 Å². The van der Waals surface area contributed by atoms with Gasteiger partial charge in [-0.3, -0.25) is 9.69 Å². The molecule has 0 spiro atoms. The van der Waals surface area contributed by atoms with E-state index >= 15 is 0 Å². The van der Waals surface area contributed by atoms with Crippen LogP contribution in [0.15, 0.2) is 60.7 Å². The van der Waals surface area contributed by atoms with Gasteiger partial charge in [0.25, 0.3) is 0 Å². The molecular formula is C29H39N3O5. The molecule has 2 amide bonds. The average Bonchev–Trinajstić information content (AvgIpc) is 2.92. The molecule has 0 radical (unpaired) electrons. The second kappa shape index (κ2) is 15.7. The minimum Gasteiger partial charge on any atom is -0.464 e. The summed E-state index contributed by atoms with van der Waals surface area (Å²) in [7, 11) is 0. The first-order chi connectivity index (χ1) is 18.0. The monoisotopic (exact) mass is 509 g/mol. The number of esters is 1. The lowest BCUT2D eigenvalue weighted by molar-refractivity contribution is -0.145. The molecule has 2 aromatic rings. The molecule has 8 nitrogen and oxygen atoms in total. The topological polar surface area (TPSA) is 97.0 Å². The zero-order valence-corrected chi connectivity index (χ0v) is 21.7. The van der Waals surface area contributed by atoms with Crippen molar-refractivity contribution in [1.29, 1.82) is 0 Å². The lowest BCUT2D eigenvalue weighted by atomic mass is 9.93. The van der Waals surface area contributed by atoms with Gasteiger partial charge in [0.1, 0.15) is 12.6 Å². The van der Waals surface area contributed by atoms with Gasteiger partial charge in [-0.05, 0) is 62.7 Å². The van der Waals surface area contributed by atoms with Gasteiger partial charge >= 0.3 is 12.1 Å². The van der Waals surface area contributed by atoms with Gasteiger partial charge in [0.05, 0.1) is 6.61 Å². The lowest BCUT2D eigenvalue weighted by Gasteiger charge is -2.32. The van der Waals surface area contributed by atoms with Crippen molar-refractivity contribution in [2.45, 2.75) is 58.2 Å². The van der Waals surface area contributed by atoms with Crippen LogP contribution in [0, 0.1) is 5.92 Å². The maximum absolute atomic E-state index is 12.4. The number of nitrogens with zero attached hydrogens (tertiary/aromatic N) is 1. The summed E-state index contributed by atoms with van der Waals surface area (Å²) in [6, 6.07) is 18.8. The third-order valence-electron chi connectivity index (χ3n) is 6.57. The molecule has 0 bridgehead atoms. The van der Waals surface area contributed by atoms with Crippen molar-refractivity contribution in [2.24, 2.45) is 5.92 Å². The Morgan fingerprint density at radius 2 is 1.59 bits per heavy atom.